The average Bonchev–Trinajstić information content (AvgIpc) is 3.01. The number of halogens is 1. The van der Waals surface area contributed by atoms with Gasteiger partial charge in [0.05, 0.1) is 31.9 Å². The SMILES string of the molecule is COc1ccc(C=C2N=C(c3ccccc3Cl)OC2=O)c(OC)c1OC. The summed E-state index contributed by atoms with van der Waals surface area (Å²) in [6, 6.07) is 10.5. The van der Waals surface area contributed by atoms with E-state index < -0.39 is 5.97 Å². The summed E-state index contributed by atoms with van der Waals surface area (Å²) in [5.41, 5.74) is 1.27. The van der Waals surface area contributed by atoms with Crippen LogP contribution in [-0.4, -0.2) is 33.2 Å². The molecule has 0 fully saturated rings. The predicted molar refractivity (Wildman–Crippen MR) is 98.2 cm³/mol. The molecule has 2 aromatic rings. The Morgan fingerprint density at radius 2 is 1.73 bits per heavy atom. The molecule has 0 atom stereocenters. The first-order chi connectivity index (χ1) is 12.6. The van der Waals surface area contributed by atoms with Crippen LogP contribution in [0.4, 0.5) is 0 Å². The number of nitrogens with zero attached hydrogens (tertiary/aromatic N) is 1. The lowest BCUT2D eigenvalue weighted by Crippen LogP contribution is -2.05. The normalized spacial score (nSPS) is 14.8. The molecule has 2 aromatic carbocycles. The Kier molecular flexibility index (Phi) is 5.14. The van der Waals surface area contributed by atoms with Gasteiger partial charge in [0.1, 0.15) is 0 Å². The van der Waals surface area contributed by atoms with Crippen molar-refractivity contribution in [3.63, 3.8) is 0 Å². The summed E-state index contributed by atoms with van der Waals surface area (Å²) in [7, 11) is 4.55. The number of hydrogen-bond acceptors (Lipinski definition) is 6. The number of carbonyl (C=O) groups is 1. The lowest BCUT2D eigenvalue weighted by atomic mass is 10.1. The van der Waals surface area contributed by atoms with Crippen molar-refractivity contribution in [3.05, 3.63) is 58.2 Å². The van der Waals surface area contributed by atoms with Gasteiger partial charge >= 0.3 is 5.97 Å². The zero-order valence-electron chi connectivity index (χ0n) is 14.4. The molecule has 134 valence electrons. The van der Waals surface area contributed by atoms with E-state index in [4.69, 9.17) is 30.5 Å². The van der Waals surface area contributed by atoms with Crippen molar-refractivity contribution in [1.29, 1.82) is 0 Å². The third kappa shape index (κ3) is 3.23. The minimum absolute atomic E-state index is 0.130. The fourth-order valence-electron chi connectivity index (χ4n) is 2.54. The second kappa shape index (κ2) is 7.49. The number of methoxy groups -OCH3 is 3. The van der Waals surface area contributed by atoms with Crippen LogP contribution in [0.5, 0.6) is 17.2 Å². The third-order valence-corrected chi connectivity index (χ3v) is 4.08. The fourth-order valence-corrected chi connectivity index (χ4v) is 2.76. The monoisotopic (exact) mass is 373 g/mol. The molecule has 7 heteroatoms. The number of carbonyl (C=O) groups excluding carboxylic acids is 1. The van der Waals surface area contributed by atoms with Crippen molar-refractivity contribution in [3.8, 4) is 17.2 Å². The molecule has 0 saturated carbocycles. The van der Waals surface area contributed by atoms with Gasteiger partial charge in [0.2, 0.25) is 11.6 Å². The van der Waals surface area contributed by atoms with Crippen LogP contribution < -0.4 is 14.2 Å². The maximum atomic E-state index is 12.2. The molecule has 0 unspecified atom stereocenters. The van der Waals surface area contributed by atoms with Gasteiger partial charge in [0, 0.05) is 5.56 Å². The van der Waals surface area contributed by atoms with Gasteiger partial charge in [-0.25, -0.2) is 9.79 Å². The van der Waals surface area contributed by atoms with Crippen LogP contribution in [0.1, 0.15) is 11.1 Å². The molecule has 0 amide bonds. The largest absolute Gasteiger partial charge is 0.493 e. The van der Waals surface area contributed by atoms with Crippen molar-refractivity contribution in [2.24, 2.45) is 4.99 Å². The van der Waals surface area contributed by atoms with Crippen LogP contribution in [-0.2, 0) is 9.53 Å². The molecule has 0 radical (unpaired) electrons. The Morgan fingerprint density at radius 3 is 2.38 bits per heavy atom. The van der Waals surface area contributed by atoms with E-state index >= 15 is 0 Å². The Morgan fingerprint density at radius 1 is 1.00 bits per heavy atom. The lowest BCUT2D eigenvalue weighted by Gasteiger charge is -2.14. The van der Waals surface area contributed by atoms with Gasteiger partial charge in [0.25, 0.3) is 0 Å². The number of benzene rings is 2. The zero-order chi connectivity index (χ0) is 18.7. The molecular weight excluding hydrogens is 358 g/mol. The first-order valence-corrected chi connectivity index (χ1v) is 8.03. The Hall–Kier alpha value is -2.99. The van der Waals surface area contributed by atoms with Crippen LogP contribution in [0, 0.1) is 0 Å². The minimum atomic E-state index is -0.572. The summed E-state index contributed by atoms with van der Waals surface area (Å²) in [6.07, 6.45) is 1.56. The van der Waals surface area contributed by atoms with Gasteiger partial charge in [-0.15, -0.1) is 0 Å². The van der Waals surface area contributed by atoms with E-state index in [1.807, 2.05) is 0 Å². The van der Waals surface area contributed by atoms with Crippen LogP contribution in [0.3, 0.4) is 0 Å². The van der Waals surface area contributed by atoms with Gasteiger partial charge < -0.3 is 18.9 Å². The highest BCUT2D eigenvalue weighted by atomic mass is 35.5. The van der Waals surface area contributed by atoms with Crippen molar-refractivity contribution in [1.82, 2.24) is 0 Å². The fraction of sp³-hybridized carbons (Fsp3) is 0.158. The number of aliphatic imine (C=N–C) groups is 1. The van der Waals surface area contributed by atoms with Crippen LogP contribution in [0.25, 0.3) is 6.08 Å². The van der Waals surface area contributed by atoms with E-state index in [0.29, 0.717) is 33.4 Å². The van der Waals surface area contributed by atoms with Gasteiger partial charge in [-0.1, -0.05) is 23.7 Å². The topological polar surface area (TPSA) is 66.4 Å². The van der Waals surface area contributed by atoms with Crippen molar-refractivity contribution in [2.75, 3.05) is 21.3 Å². The maximum Gasteiger partial charge on any atom is 0.363 e. The van der Waals surface area contributed by atoms with E-state index in [0.717, 1.165) is 0 Å². The van der Waals surface area contributed by atoms with E-state index in [9.17, 15) is 4.79 Å². The Labute approximate surface area is 155 Å². The van der Waals surface area contributed by atoms with Crippen molar-refractivity contribution < 1.29 is 23.7 Å². The number of rotatable bonds is 5. The van der Waals surface area contributed by atoms with Gasteiger partial charge in [-0.3, -0.25) is 0 Å². The van der Waals surface area contributed by atoms with Crippen LogP contribution in [0.15, 0.2) is 47.1 Å². The summed E-state index contributed by atoms with van der Waals surface area (Å²) in [5, 5.41) is 0.448. The standard InChI is InChI=1S/C19H16ClNO5/c1-23-15-9-8-11(16(24-2)17(15)25-3)10-14-19(22)26-18(21-14)12-6-4-5-7-13(12)20/h4-10H,1-3H3. The number of ether oxygens (including phenoxy) is 4. The van der Waals surface area contributed by atoms with E-state index in [-0.39, 0.29) is 11.6 Å². The Bertz CT molecular complexity index is 920. The lowest BCUT2D eigenvalue weighted by molar-refractivity contribution is -0.129. The summed E-state index contributed by atoms with van der Waals surface area (Å²) in [6.45, 7) is 0. The third-order valence-electron chi connectivity index (χ3n) is 3.75. The smallest absolute Gasteiger partial charge is 0.363 e. The van der Waals surface area contributed by atoms with Crippen molar-refractivity contribution >= 4 is 29.5 Å². The molecule has 0 aliphatic carbocycles. The number of hydrogen-bond donors (Lipinski definition) is 0. The molecule has 1 heterocycles. The molecule has 6 nitrogen and oxygen atoms in total. The quantitative estimate of drug-likeness (QED) is 0.590. The molecule has 0 N–H and O–H groups in total. The van der Waals surface area contributed by atoms with E-state index in [1.165, 1.54) is 21.3 Å². The van der Waals surface area contributed by atoms with Gasteiger partial charge in [-0.2, -0.15) is 0 Å². The predicted octanol–water partition coefficient (Wildman–Crippen LogP) is 3.71. The Balaban J connectivity index is 2.05. The molecule has 1 aliphatic rings. The molecule has 0 spiro atoms. The summed E-state index contributed by atoms with van der Waals surface area (Å²) < 4.78 is 21.3. The first-order valence-electron chi connectivity index (χ1n) is 7.65. The number of cyclic esters (lactones) is 1. The second-order valence-electron chi connectivity index (χ2n) is 5.24. The molecule has 0 saturated heterocycles. The molecule has 3 rings (SSSR count). The molecule has 0 aromatic heterocycles. The summed E-state index contributed by atoms with van der Waals surface area (Å²) >= 11 is 6.14. The number of esters is 1. The van der Waals surface area contributed by atoms with E-state index in [2.05, 4.69) is 4.99 Å². The summed E-state index contributed by atoms with van der Waals surface area (Å²) in [4.78, 5) is 16.5. The van der Waals surface area contributed by atoms with Gasteiger partial charge in [0.15, 0.2) is 17.2 Å². The van der Waals surface area contributed by atoms with Crippen LogP contribution >= 0.6 is 11.6 Å². The van der Waals surface area contributed by atoms with E-state index in [1.54, 1.807) is 42.5 Å². The molecular formula is C19H16ClNO5. The molecule has 0 bridgehead atoms. The minimum Gasteiger partial charge on any atom is -0.493 e. The highest BCUT2D eigenvalue weighted by molar-refractivity contribution is 6.34. The van der Waals surface area contributed by atoms with Crippen LogP contribution in [0.2, 0.25) is 5.02 Å². The second-order valence-corrected chi connectivity index (χ2v) is 5.65. The average molecular weight is 374 g/mol. The zero-order valence-corrected chi connectivity index (χ0v) is 15.2. The highest BCUT2D eigenvalue weighted by Gasteiger charge is 2.26. The molecule has 1 aliphatic heterocycles. The van der Waals surface area contributed by atoms with Crippen molar-refractivity contribution in [2.45, 2.75) is 0 Å². The first kappa shape index (κ1) is 17.8. The maximum absolute atomic E-state index is 12.2. The van der Waals surface area contributed by atoms with Gasteiger partial charge in [-0.05, 0) is 30.3 Å². The highest BCUT2D eigenvalue weighted by Crippen LogP contribution is 2.41. The summed E-state index contributed by atoms with van der Waals surface area (Å²) in [5.74, 6) is 0.948. The molecule has 26 heavy (non-hydrogen) atoms.